The summed E-state index contributed by atoms with van der Waals surface area (Å²) in [5, 5.41) is 7.31. The molecule has 0 saturated carbocycles. The van der Waals surface area contributed by atoms with Crippen LogP contribution in [0.2, 0.25) is 5.02 Å². The zero-order chi connectivity index (χ0) is 13.2. The third-order valence-electron chi connectivity index (χ3n) is 3.21. The predicted molar refractivity (Wildman–Crippen MR) is 68.9 cm³/mol. The SMILES string of the molecule is CO[C@@H]1C[C@@H](c2ncn[nH]2)N(c2ncc(Cl)cn2)C1. The lowest BCUT2D eigenvalue weighted by molar-refractivity contribution is 0.118. The van der Waals surface area contributed by atoms with E-state index in [0.717, 1.165) is 12.2 Å². The summed E-state index contributed by atoms with van der Waals surface area (Å²) in [7, 11) is 1.70. The first kappa shape index (κ1) is 12.3. The lowest BCUT2D eigenvalue weighted by atomic mass is 10.2. The fourth-order valence-electron chi connectivity index (χ4n) is 2.28. The van der Waals surface area contributed by atoms with Crippen LogP contribution < -0.4 is 4.90 Å². The van der Waals surface area contributed by atoms with Gasteiger partial charge in [0.05, 0.1) is 29.6 Å². The molecular formula is C11H13ClN6O. The van der Waals surface area contributed by atoms with Gasteiger partial charge in [0.2, 0.25) is 5.95 Å². The molecule has 3 heterocycles. The van der Waals surface area contributed by atoms with Gasteiger partial charge in [0.15, 0.2) is 0 Å². The molecule has 1 aliphatic rings. The second-order valence-corrected chi connectivity index (χ2v) is 4.77. The standard InChI is InChI=1S/C11H13ClN6O/c1-19-8-2-9(10-15-6-16-17-10)18(5-8)11-13-3-7(12)4-14-11/h3-4,6,8-9H,2,5H2,1H3,(H,15,16,17)/t8-,9+/m1/s1. The molecule has 0 unspecified atom stereocenters. The number of aromatic nitrogens is 5. The Kier molecular flexibility index (Phi) is 3.31. The van der Waals surface area contributed by atoms with Crippen LogP contribution in [0.1, 0.15) is 18.3 Å². The van der Waals surface area contributed by atoms with Crippen LogP contribution in [0.25, 0.3) is 0 Å². The number of halogens is 1. The molecule has 1 fully saturated rings. The highest BCUT2D eigenvalue weighted by Crippen LogP contribution is 2.33. The van der Waals surface area contributed by atoms with Gasteiger partial charge in [-0.1, -0.05) is 11.6 Å². The number of hydrogen-bond donors (Lipinski definition) is 1. The Bertz CT molecular complexity index is 531. The van der Waals surface area contributed by atoms with E-state index in [1.54, 1.807) is 19.5 Å². The van der Waals surface area contributed by atoms with Crippen molar-refractivity contribution in [2.75, 3.05) is 18.6 Å². The number of anilines is 1. The van der Waals surface area contributed by atoms with E-state index in [2.05, 4.69) is 25.1 Å². The van der Waals surface area contributed by atoms with Gasteiger partial charge in [0.25, 0.3) is 0 Å². The predicted octanol–water partition coefficient (Wildman–Crippen LogP) is 1.21. The summed E-state index contributed by atoms with van der Waals surface area (Å²) >= 11 is 5.81. The second-order valence-electron chi connectivity index (χ2n) is 4.33. The average Bonchev–Trinajstić information content (AvgIpc) is 3.08. The highest BCUT2D eigenvalue weighted by atomic mass is 35.5. The minimum atomic E-state index is 0.0358. The third kappa shape index (κ3) is 2.39. The summed E-state index contributed by atoms with van der Waals surface area (Å²) < 4.78 is 5.43. The molecule has 0 amide bonds. The van der Waals surface area contributed by atoms with Crippen LogP contribution >= 0.6 is 11.6 Å². The van der Waals surface area contributed by atoms with Gasteiger partial charge in [-0.3, -0.25) is 5.10 Å². The molecule has 8 heteroatoms. The fourth-order valence-corrected chi connectivity index (χ4v) is 2.38. The lowest BCUT2D eigenvalue weighted by Crippen LogP contribution is -2.27. The maximum atomic E-state index is 5.81. The summed E-state index contributed by atoms with van der Waals surface area (Å²) in [6, 6.07) is 0.0358. The number of aromatic amines is 1. The minimum Gasteiger partial charge on any atom is -0.380 e. The Morgan fingerprint density at radius 2 is 2.16 bits per heavy atom. The van der Waals surface area contributed by atoms with Crippen molar-refractivity contribution < 1.29 is 4.74 Å². The van der Waals surface area contributed by atoms with Crippen LogP contribution in [0.3, 0.4) is 0 Å². The molecule has 3 rings (SSSR count). The second kappa shape index (κ2) is 5.10. The zero-order valence-corrected chi connectivity index (χ0v) is 11.1. The molecule has 0 radical (unpaired) electrons. The maximum absolute atomic E-state index is 5.81. The molecule has 2 atom stereocenters. The molecule has 1 N–H and O–H groups in total. The van der Waals surface area contributed by atoms with Crippen molar-refractivity contribution in [2.45, 2.75) is 18.6 Å². The van der Waals surface area contributed by atoms with Crippen molar-refractivity contribution in [1.29, 1.82) is 0 Å². The Labute approximate surface area is 115 Å². The third-order valence-corrected chi connectivity index (χ3v) is 3.40. The summed E-state index contributed by atoms with van der Waals surface area (Å²) in [5.41, 5.74) is 0. The smallest absolute Gasteiger partial charge is 0.226 e. The number of nitrogens with one attached hydrogen (secondary N) is 1. The maximum Gasteiger partial charge on any atom is 0.226 e. The Morgan fingerprint density at radius 3 is 2.79 bits per heavy atom. The van der Waals surface area contributed by atoms with Gasteiger partial charge in [-0.15, -0.1) is 0 Å². The van der Waals surface area contributed by atoms with E-state index in [1.165, 1.54) is 6.33 Å². The van der Waals surface area contributed by atoms with E-state index >= 15 is 0 Å². The number of methoxy groups -OCH3 is 1. The van der Waals surface area contributed by atoms with Crippen molar-refractivity contribution >= 4 is 17.5 Å². The van der Waals surface area contributed by atoms with Gasteiger partial charge < -0.3 is 9.64 Å². The Balaban J connectivity index is 1.90. The quantitative estimate of drug-likeness (QED) is 0.910. The van der Waals surface area contributed by atoms with E-state index in [-0.39, 0.29) is 12.1 Å². The van der Waals surface area contributed by atoms with Crippen molar-refractivity contribution in [3.63, 3.8) is 0 Å². The molecule has 0 aromatic carbocycles. The first-order chi connectivity index (χ1) is 9.28. The summed E-state index contributed by atoms with van der Waals surface area (Å²) in [6.45, 7) is 0.712. The van der Waals surface area contributed by atoms with Crippen LogP contribution in [0.15, 0.2) is 18.7 Å². The number of nitrogens with zero attached hydrogens (tertiary/aromatic N) is 5. The molecule has 19 heavy (non-hydrogen) atoms. The van der Waals surface area contributed by atoms with Crippen LogP contribution in [-0.2, 0) is 4.74 Å². The van der Waals surface area contributed by atoms with Gasteiger partial charge in [-0.05, 0) is 0 Å². The zero-order valence-electron chi connectivity index (χ0n) is 10.3. The number of H-pyrrole nitrogens is 1. The Hall–Kier alpha value is -1.73. The Morgan fingerprint density at radius 1 is 1.37 bits per heavy atom. The van der Waals surface area contributed by atoms with Gasteiger partial charge in [-0.25, -0.2) is 15.0 Å². The van der Waals surface area contributed by atoms with Gasteiger partial charge in [-0.2, -0.15) is 5.10 Å². The van der Waals surface area contributed by atoms with E-state index in [1.807, 2.05) is 4.90 Å². The molecule has 1 saturated heterocycles. The molecule has 1 aliphatic heterocycles. The minimum absolute atomic E-state index is 0.0358. The largest absolute Gasteiger partial charge is 0.380 e. The van der Waals surface area contributed by atoms with E-state index in [9.17, 15) is 0 Å². The first-order valence-corrected chi connectivity index (χ1v) is 6.28. The highest BCUT2D eigenvalue weighted by molar-refractivity contribution is 6.30. The van der Waals surface area contributed by atoms with E-state index in [4.69, 9.17) is 16.3 Å². The molecule has 0 spiro atoms. The van der Waals surface area contributed by atoms with Gasteiger partial charge in [0, 0.05) is 20.1 Å². The monoisotopic (exact) mass is 280 g/mol. The molecule has 2 aromatic rings. The summed E-state index contributed by atoms with van der Waals surface area (Å²) in [6.07, 6.45) is 5.60. The molecular weight excluding hydrogens is 268 g/mol. The fraction of sp³-hybridized carbons (Fsp3) is 0.455. The van der Waals surface area contributed by atoms with Crippen LogP contribution in [0, 0.1) is 0 Å². The van der Waals surface area contributed by atoms with E-state index < -0.39 is 0 Å². The highest BCUT2D eigenvalue weighted by Gasteiger charge is 2.36. The molecule has 0 bridgehead atoms. The first-order valence-electron chi connectivity index (χ1n) is 5.90. The number of hydrogen-bond acceptors (Lipinski definition) is 6. The molecule has 2 aromatic heterocycles. The van der Waals surface area contributed by atoms with Gasteiger partial charge >= 0.3 is 0 Å². The lowest BCUT2D eigenvalue weighted by Gasteiger charge is -2.22. The molecule has 0 aliphatic carbocycles. The van der Waals surface area contributed by atoms with Crippen molar-refractivity contribution in [3.05, 3.63) is 29.6 Å². The van der Waals surface area contributed by atoms with Crippen LogP contribution in [0.4, 0.5) is 5.95 Å². The average molecular weight is 281 g/mol. The van der Waals surface area contributed by atoms with Crippen LogP contribution in [0.5, 0.6) is 0 Å². The van der Waals surface area contributed by atoms with Crippen molar-refractivity contribution in [2.24, 2.45) is 0 Å². The topological polar surface area (TPSA) is 79.8 Å². The summed E-state index contributed by atoms with van der Waals surface area (Å²) in [5.74, 6) is 1.41. The number of rotatable bonds is 3. The van der Waals surface area contributed by atoms with Crippen LogP contribution in [-0.4, -0.2) is 44.9 Å². The van der Waals surface area contributed by atoms with Crippen molar-refractivity contribution in [1.82, 2.24) is 25.1 Å². The molecule has 7 nitrogen and oxygen atoms in total. The summed E-state index contributed by atoms with van der Waals surface area (Å²) in [4.78, 5) is 14.8. The number of ether oxygens (including phenoxy) is 1. The van der Waals surface area contributed by atoms with Gasteiger partial charge in [0.1, 0.15) is 12.2 Å². The van der Waals surface area contributed by atoms with Crippen molar-refractivity contribution in [3.8, 4) is 0 Å². The van der Waals surface area contributed by atoms with E-state index in [0.29, 0.717) is 17.5 Å². The molecule has 100 valence electrons. The normalized spacial score (nSPS) is 22.9.